The van der Waals surface area contributed by atoms with Crippen LogP contribution in [0.25, 0.3) is 22.3 Å². The summed E-state index contributed by atoms with van der Waals surface area (Å²) < 4.78 is 13.6. The van der Waals surface area contributed by atoms with Crippen LogP contribution in [0.2, 0.25) is 5.02 Å². The van der Waals surface area contributed by atoms with Gasteiger partial charge in [-0.1, -0.05) is 41.9 Å². The molecule has 5 rings (SSSR count). The lowest BCUT2D eigenvalue weighted by molar-refractivity contribution is 0.475. The van der Waals surface area contributed by atoms with Crippen molar-refractivity contribution in [2.24, 2.45) is 0 Å². The van der Waals surface area contributed by atoms with Crippen LogP contribution in [0.5, 0.6) is 5.75 Å². The van der Waals surface area contributed by atoms with Gasteiger partial charge < -0.3 is 15.7 Å². The minimum Gasteiger partial charge on any atom is -0.507 e. The third kappa shape index (κ3) is 5.29. The maximum atomic E-state index is 13.6. The smallest absolute Gasteiger partial charge is 0.165 e. The van der Waals surface area contributed by atoms with Gasteiger partial charge >= 0.3 is 0 Å². The number of rotatable bonds is 3. The van der Waals surface area contributed by atoms with Gasteiger partial charge in [-0.15, -0.1) is 0 Å². The summed E-state index contributed by atoms with van der Waals surface area (Å²) >= 11 is 5.54. The molecule has 7 heteroatoms. The summed E-state index contributed by atoms with van der Waals surface area (Å²) in [5, 5.41) is 18.5. The molecule has 0 amide bonds. The molecule has 1 atom stereocenters. The third-order valence-electron chi connectivity index (χ3n) is 4.94. The quantitative estimate of drug-likeness (QED) is 0.409. The number of aromatic hydroxyl groups is 1. The maximum Gasteiger partial charge on any atom is 0.165 e. The predicted molar refractivity (Wildman–Crippen MR) is 123 cm³/mol. The van der Waals surface area contributed by atoms with Gasteiger partial charge in [0.1, 0.15) is 17.4 Å². The van der Waals surface area contributed by atoms with Crippen LogP contribution < -0.4 is 10.6 Å². The van der Waals surface area contributed by atoms with Crippen molar-refractivity contribution in [3.05, 3.63) is 83.6 Å². The Balaban J connectivity index is 0.000000282. The fourth-order valence-corrected chi connectivity index (χ4v) is 3.53. The Kier molecular flexibility index (Phi) is 6.60. The molecule has 0 saturated carbocycles. The van der Waals surface area contributed by atoms with Gasteiger partial charge in [-0.05, 0) is 55.4 Å². The van der Waals surface area contributed by atoms with E-state index in [1.54, 1.807) is 0 Å². The van der Waals surface area contributed by atoms with Gasteiger partial charge in [0.15, 0.2) is 5.82 Å². The number of benzene rings is 3. The van der Waals surface area contributed by atoms with Gasteiger partial charge in [-0.2, -0.15) is 0 Å². The first kappa shape index (κ1) is 21.0. The number of nitrogens with one attached hydrogen (secondary N) is 2. The maximum absolute atomic E-state index is 13.6. The lowest BCUT2D eigenvalue weighted by Crippen LogP contribution is -2.23. The Labute approximate surface area is 184 Å². The number of aromatic nitrogens is 2. The Morgan fingerprint density at radius 2 is 1.77 bits per heavy atom. The summed E-state index contributed by atoms with van der Waals surface area (Å²) in [6.45, 7) is 1.84. The molecule has 31 heavy (non-hydrogen) atoms. The van der Waals surface area contributed by atoms with Crippen molar-refractivity contribution in [1.29, 1.82) is 0 Å². The van der Waals surface area contributed by atoms with E-state index >= 15 is 0 Å². The molecule has 5 nitrogen and oxygen atoms in total. The summed E-state index contributed by atoms with van der Waals surface area (Å²) in [6.07, 6.45) is 1.01. The van der Waals surface area contributed by atoms with Crippen molar-refractivity contribution >= 4 is 28.3 Å². The highest BCUT2D eigenvalue weighted by Crippen LogP contribution is 2.31. The number of halogens is 2. The van der Waals surface area contributed by atoms with Crippen LogP contribution in [0.3, 0.4) is 0 Å². The average Bonchev–Trinajstić information content (AvgIpc) is 3.29. The molecule has 1 aliphatic rings. The Bertz CT molecular complexity index is 1170. The Hall–Kier alpha value is -3.22. The van der Waals surface area contributed by atoms with Gasteiger partial charge in [-0.3, -0.25) is 0 Å². The molecule has 1 aliphatic heterocycles. The standard InChI is InChI=1S/C18H17FN4O.C6H5Cl/c19-11-5-6-16(24)14(9-11)18-22-15-4-2-1-3-13(15)17(23-18)21-12-7-8-20-10-12;7-6-4-2-1-3-5-6/h1-6,9,12,20,24H,7-8,10H2,(H,21,22,23);1-5H/t12-;/m0./s1. The molecule has 3 aromatic carbocycles. The van der Waals surface area contributed by atoms with Crippen LogP contribution in [-0.2, 0) is 0 Å². The normalized spacial score (nSPS) is 15.4. The highest BCUT2D eigenvalue weighted by molar-refractivity contribution is 6.30. The molecule has 0 aliphatic carbocycles. The molecule has 158 valence electrons. The van der Waals surface area contributed by atoms with Gasteiger partial charge in [0.2, 0.25) is 0 Å². The van der Waals surface area contributed by atoms with Crippen LogP contribution in [-0.4, -0.2) is 34.2 Å². The molecule has 3 N–H and O–H groups in total. The number of fused-ring (bicyclic) bond motifs is 1. The summed E-state index contributed by atoms with van der Waals surface area (Å²) in [5.41, 5.74) is 1.04. The van der Waals surface area contributed by atoms with E-state index in [1.807, 2.05) is 54.6 Å². The zero-order chi connectivity index (χ0) is 21.6. The monoisotopic (exact) mass is 436 g/mol. The average molecular weight is 437 g/mol. The van der Waals surface area contributed by atoms with Gasteiger partial charge in [0, 0.05) is 23.0 Å². The highest BCUT2D eigenvalue weighted by atomic mass is 35.5. The number of anilines is 1. The van der Waals surface area contributed by atoms with Gasteiger partial charge in [0.05, 0.1) is 11.1 Å². The fraction of sp³-hybridized carbons (Fsp3) is 0.167. The second-order valence-electron chi connectivity index (χ2n) is 7.20. The number of phenols is 1. The van der Waals surface area contributed by atoms with Crippen LogP contribution in [0.1, 0.15) is 6.42 Å². The van der Waals surface area contributed by atoms with E-state index in [4.69, 9.17) is 11.6 Å². The Morgan fingerprint density at radius 3 is 2.48 bits per heavy atom. The van der Waals surface area contributed by atoms with Crippen molar-refractivity contribution in [2.75, 3.05) is 18.4 Å². The van der Waals surface area contributed by atoms with E-state index in [0.717, 1.165) is 35.4 Å². The molecule has 1 aromatic heterocycles. The summed E-state index contributed by atoms with van der Waals surface area (Å²) in [4.78, 5) is 9.05. The number of hydrogen-bond acceptors (Lipinski definition) is 5. The van der Waals surface area contributed by atoms with Crippen LogP contribution in [0.4, 0.5) is 10.2 Å². The lowest BCUT2D eigenvalue weighted by atomic mass is 10.1. The molecule has 0 spiro atoms. The van der Waals surface area contributed by atoms with E-state index in [1.165, 1.54) is 18.2 Å². The first-order valence-corrected chi connectivity index (χ1v) is 10.4. The van der Waals surface area contributed by atoms with Crippen molar-refractivity contribution in [3.63, 3.8) is 0 Å². The molecule has 2 heterocycles. The minimum absolute atomic E-state index is 0.0415. The molecule has 0 bridgehead atoms. The number of hydrogen-bond donors (Lipinski definition) is 3. The lowest BCUT2D eigenvalue weighted by Gasteiger charge is -2.15. The van der Waals surface area contributed by atoms with Gasteiger partial charge in [-0.25, -0.2) is 14.4 Å². The zero-order valence-corrected chi connectivity index (χ0v) is 17.5. The number of phenolic OH excluding ortho intramolecular Hbond substituents is 1. The van der Waals surface area contributed by atoms with Crippen molar-refractivity contribution in [3.8, 4) is 17.1 Å². The van der Waals surface area contributed by atoms with Crippen LogP contribution >= 0.6 is 11.6 Å². The molecule has 0 radical (unpaired) electrons. The number of nitrogens with zero attached hydrogens (tertiary/aromatic N) is 2. The molecular formula is C24H22ClFN4O. The van der Waals surface area contributed by atoms with E-state index in [9.17, 15) is 9.50 Å². The molecule has 1 saturated heterocycles. The molecular weight excluding hydrogens is 415 g/mol. The SMILES string of the molecule is Clc1ccccc1.Oc1ccc(F)cc1-c1nc(N[C@H]2CCNC2)c2ccccc2n1. The second kappa shape index (κ2) is 9.73. The first-order valence-electron chi connectivity index (χ1n) is 10.0. The molecule has 4 aromatic rings. The summed E-state index contributed by atoms with van der Waals surface area (Å²) in [5.74, 6) is 0.529. The molecule has 0 unspecified atom stereocenters. The predicted octanol–water partition coefficient (Wildman–Crippen LogP) is 5.26. The fourth-order valence-electron chi connectivity index (χ4n) is 3.38. The van der Waals surface area contributed by atoms with E-state index in [-0.39, 0.29) is 17.4 Å². The largest absolute Gasteiger partial charge is 0.507 e. The zero-order valence-electron chi connectivity index (χ0n) is 16.7. The summed E-state index contributed by atoms with van der Waals surface area (Å²) in [7, 11) is 0. The van der Waals surface area contributed by atoms with Crippen LogP contribution in [0.15, 0.2) is 72.8 Å². The summed E-state index contributed by atoms with van der Waals surface area (Å²) in [6, 6.07) is 21.2. The van der Waals surface area contributed by atoms with Gasteiger partial charge in [0.25, 0.3) is 0 Å². The minimum atomic E-state index is -0.436. The van der Waals surface area contributed by atoms with Crippen molar-refractivity contribution in [1.82, 2.24) is 15.3 Å². The van der Waals surface area contributed by atoms with E-state index < -0.39 is 5.82 Å². The third-order valence-corrected chi connectivity index (χ3v) is 5.19. The molecule has 1 fully saturated rings. The second-order valence-corrected chi connectivity index (χ2v) is 7.64. The number of para-hydroxylation sites is 1. The van der Waals surface area contributed by atoms with E-state index in [0.29, 0.717) is 11.6 Å². The van der Waals surface area contributed by atoms with Crippen molar-refractivity contribution < 1.29 is 9.50 Å². The first-order chi connectivity index (χ1) is 15.1. The highest BCUT2D eigenvalue weighted by Gasteiger charge is 2.18. The Morgan fingerprint density at radius 1 is 1.00 bits per heavy atom. The van der Waals surface area contributed by atoms with Crippen LogP contribution in [0, 0.1) is 5.82 Å². The topological polar surface area (TPSA) is 70.1 Å². The van der Waals surface area contributed by atoms with E-state index in [2.05, 4.69) is 20.6 Å². The van der Waals surface area contributed by atoms with Crippen molar-refractivity contribution in [2.45, 2.75) is 12.5 Å².